The summed E-state index contributed by atoms with van der Waals surface area (Å²) in [5, 5.41) is 9.08. The van der Waals surface area contributed by atoms with Gasteiger partial charge in [0.15, 0.2) is 0 Å². The quantitative estimate of drug-likeness (QED) is 0.739. The van der Waals surface area contributed by atoms with Gasteiger partial charge in [-0.1, -0.05) is 38.8 Å². The molecule has 0 heterocycles. The SMILES string of the molecule is C=C(C)CN(CC(C)C(=O)O)C1CCCCC1C. The van der Waals surface area contributed by atoms with Gasteiger partial charge >= 0.3 is 5.97 Å². The van der Waals surface area contributed by atoms with Crippen LogP contribution in [0.4, 0.5) is 0 Å². The van der Waals surface area contributed by atoms with Gasteiger partial charge in [-0.3, -0.25) is 9.69 Å². The molecule has 1 aliphatic carbocycles. The van der Waals surface area contributed by atoms with Gasteiger partial charge in [-0.15, -0.1) is 0 Å². The number of carboxylic acid groups (broad SMARTS) is 1. The van der Waals surface area contributed by atoms with E-state index in [1.165, 1.54) is 25.7 Å². The molecule has 3 heteroatoms. The molecule has 0 saturated heterocycles. The molecule has 1 saturated carbocycles. The molecular weight excluding hydrogens is 226 g/mol. The Morgan fingerprint density at radius 1 is 1.44 bits per heavy atom. The molecule has 0 radical (unpaired) electrons. The average molecular weight is 253 g/mol. The van der Waals surface area contributed by atoms with Crippen LogP contribution in [-0.4, -0.2) is 35.1 Å². The second-order valence-electron chi connectivity index (χ2n) is 5.95. The normalized spacial score (nSPS) is 26.0. The molecule has 3 nitrogen and oxygen atoms in total. The highest BCUT2D eigenvalue weighted by Crippen LogP contribution is 2.29. The minimum Gasteiger partial charge on any atom is -0.481 e. The van der Waals surface area contributed by atoms with Gasteiger partial charge in [-0.2, -0.15) is 0 Å². The highest BCUT2D eigenvalue weighted by Gasteiger charge is 2.29. The van der Waals surface area contributed by atoms with Crippen molar-refractivity contribution >= 4 is 5.97 Å². The highest BCUT2D eigenvalue weighted by molar-refractivity contribution is 5.69. The van der Waals surface area contributed by atoms with Gasteiger partial charge in [-0.05, 0) is 25.7 Å². The van der Waals surface area contributed by atoms with Crippen LogP contribution in [0.15, 0.2) is 12.2 Å². The van der Waals surface area contributed by atoms with Crippen LogP contribution in [0.2, 0.25) is 0 Å². The topological polar surface area (TPSA) is 40.5 Å². The van der Waals surface area contributed by atoms with Gasteiger partial charge < -0.3 is 5.11 Å². The predicted octanol–water partition coefficient (Wildman–Crippen LogP) is 3.16. The molecule has 0 aromatic heterocycles. The maximum Gasteiger partial charge on any atom is 0.307 e. The Hall–Kier alpha value is -0.830. The van der Waals surface area contributed by atoms with Crippen LogP contribution in [0.3, 0.4) is 0 Å². The van der Waals surface area contributed by atoms with E-state index in [1.807, 2.05) is 6.92 Å². The Labute approximate surface area is 111 Å². The Kier molecular flexibility index (Phi) is 5.86. The van der Waals surface area contributed by atoms with E-state index in [0.717, 1.165) is 12.1 Å². The molecule has 18 heavy (non-hydrogen) atoms. The molecule has 1 rings (SSSR count). The van der Waals surface area contributed by atoms with Gasteiger partial charge in [0.1, 0.15) is 0 Å². The first kappa shape index (κ1) is 15.2. The molecule has 1 aliphatic rings. The molecule has 0 aliphatic heterocycles. The first-order chi connectivity index (χ1) is 8.41. The van der Waals surface area contributed by atoms with Crippen LogP contribution in [0.1, 0.15) is 46.5 Å². The molecule has 1 fully saturated rings. The third kappa shape index (κ3) is 4.45. The van der Waals surface area contributed by atoms with E-state index in [-0.39, 0.29) is 5.92 Å². The van der Waals surface area contributed by atoms with Gasteiger partial charge in [0.25, 0.3) is 0 Å². The van der Waals surface area contributed by atoms with Gasteiger partial charge in [0.05, 0.1) is 5.92 Å². The summed E-state index contributed by atoms with van der Waals surface area (Å²) in [7, 11) is 0. The molecular formula is C15H27NO2. The molecule has 3 unspecified atom stereocenters. The molecule has 0 spiro atoms. The van der Waals surface area contributed by atoms with E-state index in [2.05, 4.69) is 18.4 Å². The monoisotopic (exact) mass is 253 g/mol. The molecule has 0 bridgehead atoms. The minimum absolute atomic E-state index is 0.307. The van der Waals surface area contributed by atoms with Crippen molar-refractivity contribution in [1.82, 2.24) is 4.90 Å². The van der Waals surface area contributed by atoms with Gasteiger partial charge in [0.2, 0.25) is 0 Å². The summed E-state index contributed by atoms with van der Waals surface area (Å²) in [6.45, 7) is 11.5. The number of carboxylic acids is 1. The smallest absolute Gasteiger partial charge is 0.307 e. The van der Waals surface area contributed by atoms with E-state index in [4.69, 9.17) is 5.11 Å². The van der Waals surface area contributed by atoms with Crippen LogP contribution >= 0.6 is 0 Å². The van der Waals surface area contributed by atoms with Crippen molar-refractivity contribution in [2.45, 2.75) is 52.5 Å². The lowest BCUT2D eigenvalue weighted by Crippen LogP contribution is -2.45. The van der Waals surface area contributed by atoms with Crippen LogP contribution < -0.4 is 0 Å². The summed E-state index contributed by atoms with van der Waals surface area (Å²) in [4.78, 5) is 13.4. The number of rotatable bonds is 6. The van der Waals surface area contributed by atoms with Crippen LogP contribution in [0, 0.1) is 11.8 Å². The standard InChI is InChI=1S/C15H27NO2/c1-11(2)9-16(10-13(4)15(17)18)14-8-6-5-7-12(14)3/h12-14H,1,5-10H2,2-4H3,(H,17,18). The van der Waals surface area contributed by atoms with E-state index in [1.54, 1.807) is 6.92 Å². The molecule has 3 atom stereocenters. The zero-order chi connectivity index (χ0) is 13.7. The zero-order valence-electron chi connectivity index (χ0n) is 12.0. The van der Waals surface area contributed by atoms with Crippen molar-refractivity contribution in [3.8, 4) is 0 Å². The summed E-state index contributed by atoms with van der Waals surface area (Å²) in [6, 6.07) is 0.525. The fourth-order valence-corrected chi connectivity index (χ4v) is 2.93. The maximum atomic E-state index is 11.0. The summed E-state index contributed by atoms with van der Waals surface area (Å²) in [6.07, 6.45) is 5.04. The summed E-state index contributed by atoms with van der Waals surface area (Å²) in [5.74, 6) is -0.345. The van der Waals surface area contributed by atoms with Crippen molar-refractivity contribution in [3.63, 3.8) is 0 Å². The second-order valence-corrected chi connectivity index (χ2v) is 5.95. The van der Waals surface area contributed by atoms with Crippen molar-refractivity contribution in [3.05, 3.63) is 12.2 Å². The maximum absolute atomic E-state index is 11.0. The predicted molar refractivity (Wildman–Crippen MR) is 74.6 cm³/mol. The van der Waals surface area contributed by atoms with Crippen LogP contribution in [0.5, 0.6) is 0 Å². The largest absolute Gasteiger partial charge is 0.481 e. The summed E-state index contributed by atoms with van der Waals surface area (Å²) in [5.41, 5.74) is 1.12. The lowest BCUT2D eigenvalue weighted by Gasteiger charge is -2.39. The Morgan fingerprint density at radius 2 is 2.06 bits per heavy atom. The van der Waals surface area contributed by atoms with E-state index < -0.39 is 5.97 Å². The number of hydrogen-bond donors (Lipinski definition) is 1. The fourth-order valence-electron chi connectivity index (χ4n) is 2.93. The number of aliphatic carboxylic acids is 1. The third-order valence-corrected chi connectivity index (χ3v) is 3.94. The Balaban J connectivity index is 2.69. The van der Waals surface area contributed by atoms with Crippen molar-refractivity contribution in [2.24, 2.45) is 11.8 Å². The van der Waals surface area contributed by atoms with E-state index in [9.17, 15) is 4.79 Å². The lowest BCUT2D eigenvalue weighted by atomic mass is 9.84. The first-order valence-electron chi connectivity index (χ1n) is 7.03. The molecule has 0 aromatic rings. The van der Waals surface area contributed by atoms with Crippen LogP contribution in [0.25, 0.3) is 0 Å². The average Bonchev–Trinajstić information content (AvgIpc) is 2.28. The minimum atomic E-state index is -0.704. The highest BCUT2D eigenvalue weighted by atomic mass is 16.4. The molecule has 104 valence electrons. The zero-order valence-corrected chi connectivity index (χ0v) is 12.0. The first-order valence-corrected chi connectivity index (χ1v) is 7.03. The summed E-state index contributed by atoms with van der Waals surface area (Å²) >= 11 is 0. The Bertz CT molecular complexity index is 301. The second kappa shape index (κ2) is 6.93. The molecule has 0 amide bonds. The summed E-state index contributed by atoms with van der Waals surface area (Å²) < 4.78 is 0. The van der Waals surface area contributed by atoms with Gasteiger partial charge in [-0.25, -0.2) is 0 Å². The number of hydrogen-bond acceptors (Lipinski definition) is 2. The Morgan fingerprint density at radius 3 is 2.56 bits per heavy atom. The van der Waals surface area contributed by atoms with Crippen molar-refractivity contribution in [1.29, 1.82) is 0 Å². The van der Waals surface area contributed by atoms with Gasteiger partial charge in [0, 0.05) is 19.1 Å². The molecule has 0 aromatic carbocycles. The van der Waals surface area contributed by atoms with Crippen molar-refractivity contribution in [2.75, 3.05) is 13.1 Å². The van der Waals surface area contributed by atoms with E-state index in [0.29, 0.717) is 18.5 Å². The third-order valence-electron chi connectivity index (χ3n) is 3.94. The van der Waals surface area contributed by atoms with E-state index >= 15 is 0 Å². The number of nitrogens with zero attached hydrogens (tertiary/aromatic N) is 1. The van der Waals surface area contributed by atoms with Crippen LogP contribution in [-0.2, 0) is 4.79 Å². The molecule has 1 N–H and O–H groups in total. The number of carbonyl (C=O) groups is 1. The lowest BCUT2D eigenvalue weighted by molar-refractivity contribution is -0.142. The fraction of sp³-hybridized carbons (Fsp3) is 0.800. The van der Waals surface area contributed by atoms with Crippen molar-refractivity contribution < 1.29 is 9.90 Å².